The first-order valence-electron chi connectivity index (χ1n) is 11.5. The number of aliphatic hydroxyl groups excluding tert-OH is 1. The van der Waals surface area contributed by atoms with Crippen molar-refractivity contribution in [3.05, 3.63) is 0 Å². The number of carbonyl (C=O) groups excluding carboxylic acids is 1. The number of carbonyl (C=O) groups is 1. The van der Waals surface area contributed by atoms with Crippen LogP contribution < -0.4 is 0 Å². The van der Waals surface area contributed by atoms with Gasteiger partial charge in [-0.1, -0.05) is 13.8 Å². The van der Waals surface area contributed by atoms with Crippen molar-refractivity contribution in [2.45, 2.75) is 77.1 Å². The van der Waals surface area contributed by atoms with Gasteiger partial charge in [-0.3, -0.25) is 4.79 Å². The highest BCUT2D eigenvalue weighted by Crippen LogP contribution is 2.83. The van der Waals surface area contributed by atoms with Crippen LogP contribution in [0.1, 0.15) is 65.2 Å². The minimum absolute atomic E-state index is 0.00156. The minimum Gasteiger partial charge on any atom is -0.438 e. The first kappa shape index (κ1) is 18.1. The number of rotatable bonds is 6. The minimum atomic E-state index is -1.42. The van der Waals surface area contributed by atoms with Gasteiger partial charge >= 0.3 is 5.97 Å². The highest BCUT2D eigenvalue weighted by atomic mass is 16.7. The average Bonchev–Trinajstić information content (AvgIpc) is 3.35. The summed E-state index contributed by atoms with van der Waals surface area (Å²) in [6.07, 6.45) is 8.19. The fourth-order valence-corrected chi connectivity index (χ4v) is 9.51. The number of aliphatic hydroxyl groups is 2. The van der Waals surface area contributed by atoms with Gasteiger partial charge in [0.15, 0.2) is 13.1 Å². The average molecular weight is 391 g/mol. The molecule has 6 saturated carbocycles. The predicted molar refractivity (Wildman–Crippen MR) is 101 cm³/mol. The molecule has 28 heavy (non-hydrogen) atoms. The molecule has 0 amide bonds. The molecule has 1 spiro atoms. The number of esters is 1. The van der Waals surface area contributed by atoms with Crippen LogP contribution in [0.4, 0.5) is 0 Å². The first-order chi connectivity index (χ1) is 13.3. The van der Waals surface area contributed by atoms with E-state index in [0.29, 0.717) is 17.3 Å². The molecule has 0 aromatic heterocycles. The number of hydrogen-bond acceptors (Lipinski definition) is 5. The van der Waals surface area contributed by atoms with E-state index in [0.717, 1.165) is 49.9 Å². The van der Waals surface area contributed by atoms with Crippen LogP contribution in [0.2, 0.25) is 0 Å². The molecular formula is C23H34O5. The topological polar surface area (TPSA) is 76.0 Å². The molecule has 6 rings (SSSR count). The van der Waals surface area contributed by atoms with Crippen molar-refractivity contribution in [2.24, 2.45) is 52.3 Å². The smallest absolute Gasteiger partial charge is 0.311 e. The van der Waals surface area contributed by atoms with Crippen molar-refractivity contribution in [1.82, 2.24) is 0 Å². The monoisotopic (exact) mass is 390 g/mol. The van der Waals surface area contributed by atoms with Crippen LogP contribution in [0, 0.1) is 52.3 Å². The lowest BCUT2D eigenvalue weighted by atomic mass is 9.36. The molecule has 0 aliphatic heterocycles. The van der Waals surface area contributed by atoms with Crippen LogP contribution in [0.5, 0.6) is 0 Å². The summed E-state index contributed by atoms with van der Waals surface area (Å²) >= 11 is 0. The maximum Gasteiger partial charge on any atom is 0.311 e. The van der Waals surface area contributed by atoms with E-state index in [1.54, 1.807) is 0 Å². The van der Waals surface area contributed by atoms with Crippen LogP contribution in [0.15, 0.2) is 0 Å². The molecule has 0 saturated heterocycles. The van der Waals surface area contributed by atoms with E-state index < -0.39 is 11.7 Å². The van der Waals surface area contributed by atoms with E-state index in [-0.39, 0.29) is 30.2 Å². The Morgan fingerprint density at radius 1 is 1.07 bits per heavy atom. The van der Waals surface area contributed by atoms with E-state index in [1.807, 2.05) is 13.8 Å². The van der Waals surface area contributed by atoms with E-state index in [4.69, 9.17) is 9.47 Å². The van der Waals surface area contributed by atoms with Gasteiger partial charge in [-0.15, -0.1) is 0 Å². The third-order valence-corrected chi connectivity index (χ3v) is 10.6. The zero-order valence-electron chi connectivity index (χ0n) is 17.1. The lowest BCUT2D eigenvalue weighted by Gasteiger charge is -2.71. The molecule has 9 atom stereocenters. The van der Waals surface area contributed by atoms with Gasteiger partial charge in [0.2, 0.25) is 0 Å². The van der Waals surface area contributed by atoms with Gasteiger partial charge in [-0.05, 0) is 86.9 Å². The molecule has 5 heteroatoms. The number of ether oxygens (including phenoxy) is 2. The molecule has 0 aromatic carbocycles. The van der Waals surface area contributed by atoms with Gasteiger partial charge in [-0.25, -0.2) is 0 Å². The molecule has 6 aliphatic rings. The maximum atomic E-state index is 13.1. The largest absolute Gasteiger partial charge is 0.438 e. The Kier molecular flexibility index (Phi) is 3.58. The summed E-state index contributed by atoms with van der Waals surface area (Å²) in [6, 6.07) is 0. The third kappa shape index (κ3) is 1.97. The summed E-state index contributed by atoms with van der Waals surface area (Å²) in [7, 11) is 0. The van der Waals surface area contributed by atoms with Crippen LogP contribution in [0.3, 0.4) is 0 Å². The molecular weight excluding hydrogens is 356 g/mol. The van der Waals surface area contributed by atoms with Crippen LogP contribution in [0.25, 0.3) is 0 Å². The van der Waals surface area contributed by atoms with Crippen LogP contribution in [-0.2, 0) is 14.3 Å². The fraction of sp³-hybridized carbons (Fsp3) is 0.957. The zero-order chi connectivity index (χ0) is 19.5. The molecule has 156 valence electrons. The summed E-state index contributed by atoms with van der Waals surface area (Å²) in [5.41, 5.74) is -0.270. The van der Waals surface area contributed by atoms with E-state index in [9.17, 15) is 15.0 Å². The molecule has 4 bridgehead atoms. The van der Waals surface area contributed by atoms with Crippen molar-refractivity contribution in [3.8, 4) is 0 Å². The van der Waals surface area contributed by atoms with Gasteiger partial charge in [0.25, 0.3) is 0 Å². The zero-order valence-corrected chi connectivity index (χ0v) is 17.1. The van der Waals surface area contributed by atoms with Crippen molar-refractivity contribution >= 4 is 5.97 Å². The molecule has 6 fully saturated rings. The van der Waals surface area contributed by atoms with Gasteiger partial charge < -0.3 is 19.7 Å². The molecule has 0 aromatic rings. The first-order valence-corrected chi connectivity index (χ1v) is 11.5. The molecule has 0 heterocycles. The second-order valence-electron chi connectivity index (χ2n) is 11.7. The standard InChI is InChI=1S/C23H34O5/c1-21(2,20(25)26)18-14-4-3-13(6-14)17(18)19(24)27-11-28-22-8-12-5-15-7-16(10-22)23(15,22)9-12/h12-18,20,25-26H,3-11H2,1-2H3/t12?,13?,14-,15?,16?,17?,18?,22?,23?/m1/s1. The van der Waals surface area contributed by atoms with Crippen molar-refractivity contribution in [2.75, 3.05) is 6.79 Å². The highest BCUT2D eigenvalue weighted by molar-refractivity contribution is 5.74. The molecule has 2 N–H and O–H groups in total. The van der Waals surface area contributed by atoms with Crippen LogP contribution in [-0.4, -0.2) is 34.9 Å². The van der Waals surface area contributed by atoms with Crippen molar-refractivity contribution < 1.29 is 24.5 Å². The maximum absolute atomic E-state index is 13.1. The molecule has 5 nitrogen and oxygen atoms in total. The molecule has 0 radical (unpaired) electrons. The van der Waals surface area contributed by atoms with Gasteiger partial charge in [-0.2, -0.15) is 0 Å². The molecule has 8 unspecified atom stereocenters. The summed E-state index contributed by atoms with van der Waals surface area (Å²) in [5, 5.41) is 19.9. The van der Waals surface area contributed by atoms with Crippen molar-refractivity contribution in [3.63, 3.8) is 0 Å². The Morgan fingerprint density at radius 3 is 2.57 bits per heavy atom. The predicted octanol–water partition coefficient (Wildman–Crippen LogP) is 3.08. The summed E-state index contributed by atoms with van der Waals surface area (Å²) in [4.78, 5) is 13.1. The summed E-state index contributed by atoms with van der Waals surface area (Å²) in [5.74, 6) is 2.85. The number of fused-ring (bicyclic) bond motifs is 3. The quantitative estimate of drug-likeness (QED) is 0.538. The van der Waals surface area contributed by atoms with Gasteiger partial charge in [0, 0.05) is 10.8 Å². The normalized spacial score (nSPS) is 52.5. The van der Waals surface area contributed by atoms with E-state index >= 15 is 0 Å². The van der Waals surface area contributed by atoms with E-state index in [2.05, 4.69) is 0 Å². The van der Waals surface area contributed by atoms with Crippen molar-refractivity contribution in [1.29, 1.82) is 0 Å². The van der Waals surface area contributed by atoms with Crippen LogP contribution >= 0.6 is 0 Å². The van der Waals surface area contributed by atoms with Gasteiger partial charge in [0.1, 0.15) is 0 Å². The SMILES string of the molecule is CC(C)(C(O)O)C1C(C(=O)OCOC23CC4CC5CC(C2)C53C4)C2CC[C@@H]1C2. The Labute approximate surface area is 167 Å². The fourth-order valence-electron chi connectivity index (χ4n) is 9.51. The van der Waals surface area contributed by atoms with E-state index in [1.165, 1.54) is 19.3 Å². The second-order valence-corrected chi connectivity index (χ2v) is 11.7. The Morgan fingerprint density at radius 2 is 1.86 bits per heavy atom. The summed E-state index contributed by atoms with van der Waals surface area (Å²) < 4.78 is 12.1. The van der Waals surface area contributed by atoms with Gasteiger partial charge in [0.05, 0.1) is 11.5 Å². The highest BCUT2D eigenvalue weighted by Gasteiger charge is 2.81. The lowest BCUT2D eigenvalue weighted by Crippen LogP contribution is -2.71. The Bertz CT molecular complexity index is 703. The summed E-state index contributed by atoms with van der Waals surface area (Å²) in [6.45, 7) is 3.83. The third-order valence-electron chi connectivity index (χ3n) is 10.6. The molecule has 6 aliphatic carbocycles. The number of hydrogen-bond donors (Lipinski definition) is 2. The Hall–Kier alpha value is -0.650. The second kappa shape index (κ2) is 5.53. The Balaban J connectivity index is 1.12. The lowest BCUT2D eigenvalue weighted by molar-refractivity contribution is -0.321.